The van der Waals surface area contributed by atoms with Crippen LogP contribution in [0.5, 0.6) is 0 Å². The first-order valence-electron chi connectivity index (χ1n) is 4.55. The van der Waals surface area contributed by atoms with E-state index in [1.165, 1.54) is 6.42 Å². The van der Waals surface area contributed by atoms with Crippen LogP contribution in [-0.2, 0) is 4.79 Å². The maximum atomic E-state index is 11.2. The minimum atomic E-state index is 0.412. The van der Waals surface area contributed by atoms with E-state index in [-0.39, 0.29) is 0 Å². The molecule has 0 saturated heterocycles. The molecule has 2 saturated carbocycles. The number of fused-ring (bicyclic) bond motifs is 1. The van der Waals surface area contributed by atoms with Gasteiger partial charge in [-0.2, -0.15) is 0 Å². The summed E-state index contributed by atoms with van der Waals surface area (Å²) >= 11 is 0. The number of carbonyl (C=O) groups is 1. The zero-order chi connectivity index (χ0) is 8.22. The minimum absolute atomic E-state index is 0.412. The summed E-state index contributed by atoms with van der Waals surface area (Å²) in [4.78, 5) is 11.2. The Hall–Kier alpha value is -0.330. The number of ketones is 1. The van der Waals surface area contributed by atoms with E-state index in [0.717, 1.165) is 18.3 Å². The number of hydrogen-bond donors (Lipinski definition) is 0. The fourth-order valence-corrected chi connectivity index (χ4v) is 3.13. The molecule has 0 aromatic carbocycles. The van der Waals surface area contributed by atoms with Gasteiger partial charge in [0, 0.05) is 5.92 Å². The molecule has 11 heavy (non-hydrogen) atoms. The first-order valence-corrected chi connectivity index (χ1v) is 4.55. The van der Waals surface area contributed by atoms with Crippen molar-refractivity contribution in [2.75, 3.05) is 0 Å². The molecule has 0 spiro atoms. The lowest BCUT2D eigenvalue weighted by molar-refractivity contribution is -0.121. The van der Waals surface area contributed by atoms with Crippen LogP contribution in [-0.4, -0.2) is 5.78 Å². The van der Waals surface area contributed by atoms with Crippen LogP contribution in [0.3, 0.4) is 0 Å². The summed E-state index contributed by atoms with van der Waals surface area (Å²) in [6.45, 7) is 6.36. The zero-order valence-corrected chi connectivity index (χ0v) is 7.55. The summed E-state index contributed by atoms with van der Waals surface area (Å²) in [5, 5.41) is 0. The molecule has 2 fully saturated rings. The molecule has 0 amide bonds. The molecule has 0 aromatic rings. The SMILES string of the molecule is CC(=O)[C@H]1CC[C@@H]2[C@H]1C2(C)C. The van der Waals surface area contributed by atoms with Gasteiger partial charge in [-0.3, -0.25) is 4.79 Å². The Labute approximate surface area is 68.2 Å². The molecule has 62 valence electrons. The van der Waals surface area contributed by atoms with Crippen molar-refractivity contribution in [2.24, 2.45) is 23.2 Å². The Morgan fingerprint density at radius 3 is 2.27 bits per heavy atom. The van der Waals surface area contributed by atoms with Crippen molar-refractivity contribution in [3.8, 4) is 0 Å². The van der Waals surface area contributed by atoms with Gasteiger partial charge in [0.2, 0.25) is 0 Å². The summed E-state index contributed by atoms with van der Waals surface area (Å²) in [7, 11) is 0. The predicted octanol–water partition coefficient (Wildman–Crippen LogP) is 2.26. The smallest absolute Gasteiger partial charge is 0.133 e. The Morgan fingerprint density at radius 2 is 2.00 bits per heavy atom. The van der Waals surface area contributed by atoms with Crippen LogP contribution in [0, 0.1) is 23.2 Å². The Bertz CT molecular complexity index is 205. The molecule has 2 aliphatic rings. The highest BCUT2D eigenvalue weighted by atomic mass is 16.1. The average molecular weight is 152 g/mol. The summed E-state index contributed by atoms with van der Waals surface area (Å²) in [5.41, 5.74) is 0.495. The van der Waals surface area contributed by atoms with Crippen LogP contribution < -0.4 is 0 Å². The fourth-order valence-electron chi connectivity index (χ4n) is 3.13. The summed E-state index contributed by atoms with van der Waals surface area (Å²) in [6.07, 6.45) is 2.45. The predicted molar refractivity (Wildman–Crippen MR) is 44.2 cm³/mol. The quantitative estimate of drug-likeness (QED) is 0.563. The standard InChI is InChI=1S/C10H16O/c1-6(11)7-4-5-8-9(7)10(8,2)3/h7-9H,4-5H2,1-3H3/t7-,8-,9+/m1/s1. The Kier molecular flexibility index (Phi) is 1.25. The Balaban J connectivity index is 2.13. The van der Waals surface area contributed by atoms with Crippen molar-refractivity contribution in [1.82, 2.24) is 0 Å². The molecule has 0 N–H and O–H groups in total. The third-order valence-electron chi connectivity index (χ3n) is 3.88. The van der Waals surface area contributed by atoms with E-state index in [1.807, 2.05) is 0 Å². The van der Waals surface area contributed by atoms with Gasteiger partial charge in [-0.05, 0) is 37.0 Å². The van der Waals surface area contributed by atoms with Gasteiger partial charge in [0.25, 0.3) is 0 Å². The maximum absolute atomic E-state index is 11.2. The van der Waals surface area contributed by atoms with Gasteiger partial charge >= 0.3 is 0 Å². The minimum Gasteiger partial charge on any atom is -0.300 e. The number of carbonyl (C=O) groups excluding carboxylic acids is 1. The molecule has 2 aliphatic carbocycles. The van der Waals surface area contributed by atoms with E-state index < -0.39 is 0 Å². The highest BCUT2D eigenvalue weighted by Gasteiger charge is 2.64. The van der Waals surface area contributed by atoms with Gasteiger partial charge in [-0.1, -0.05) is 13.8 Å². The first kappa shape index (κ1) is 7.33. The zero-order valence-electron chi connectivity index (χ0n) is 7.55. The normalized spacial score (nSPS) is 45.2. The summed E-state index contributed by atoms with van der Waals surface area (Å²) in [6, 6.07) is 0. The number of hydrogen-bond acceptors (Lipinski definition) is 1. The monoisotopic (exact) mass is 152 g/mol. The second-order valence-corrected chi connectivity index (χ2v) is 4.75. The van der Waals surface area contributed by atoms with E-state index in [1.54, 1.807) is 6.92 Å². The molecule has 0 unspecified atom stereocenters. The fraction of sp³-hybridized carbons (Fsp3) is 0.900. The highest BCUT2D eigenvalue weighted by Crippen LogP contribution is 2.69. The van der Waals surface area contributed by atoms with Gasteiger partial charge in [-0.15, -0.1) is 0 Å². The third-order valence-corrected chi connectivity index (χ3v) is 3.88. The second kappa shape index (κ2) is 1.88. The van der Waals surface area contributed by atoms with Gasteiger partial charge in [-0.25, -0.2) is 0 Å². The molecular weight excluding hydrogens is 136 g/mol. The summed E-state index contributed by atoms with van der Waals surface area (Å²) < 4.78 is 0. The van der Waals surface area contributed by atoms with Crippen LogP contribution in [0.15, 0.2) is 0 Å². The van der Waals surface area contributed by atoms with Gasteiger partial charge in [0.1, 0.15) is 5.78 Å². The molecule has 2 rings (SSSR count). The number of Topliss-reactive ketones (excluding diaryl/α,β-unsaturated/α-hetero) is 1. The molecule has 0 bridgehead atoms. The van der Waals surface area contributed by atoms with Gasteiger partial charge < -0.3 is 0 Å². The molecule has 1 nitrogen and oxygen atoms in total. The molecule has 0 radical (unpaired) electrons. The lowest BCUT2D eigenvalue weighted by Gasteiger charge is -2.13. The molecule has 0 aromatic heterocycles. The van der Waals surface area contributed by atoms with Crippen LogP contribution in [0.2, 0.25) is 0 Å². The third kappa shape index (κ3) is 0.800. The van der Waals surface area contributed by atoms with E-state index >= 15 is 0 Å². The topological polar surface area (TPSA) is 17.1 Å². The Morgan fingerprint density at radius 1 is 1.36 bits per heavy atom. The molecule has 0 aliphatic heterocycles. The number of rotatable bonds is 1. The lowest BCUT2D eigenvalue weighted by atomic mass is 9.90. The first-order chi connectivity index (χ1) is 5.05. The van der Waals surface area contributed by atoms with Crippen LogP contribution >= 0.6 is 0 Å². The van der Waals surface area contributed by atoms with E-state index in [4.69, 9.17) is 0 Å². The van der Waals surface area contributed by atoms with Crippen molar-refractivity contribution in [3.63, 3.8) is 0 Å². The lowest BCUT2D eigenvalue weighted by Crippen LogP contribution is -2.14. The second-order valence-electron chi connectivity index (χ2n) is 4.75. The summed E-state index contributed by atoms with van der Waals surface area (Å²) in [5.74, 6) is 2.44. The largest absolute Gasteiger partial charge is 0.300 e. The average Bonchev–Trinajstić information content (AvgIpc) is 2.34. The maximum Gasteiger partial charge on any atom is 0.133 e. The van der Waals surface area contributed by atoms with Gasteiger partial charge in [0.05, 0.1) is 0 Å². The highest BCUT2D eigenvalue weighted by molar-refractivity contribution is 5.79. The van der Waals surface area contributed by atoms with Crippen LogP contribution in [0.4, 0.5) is 0 Å². The van der Waals surface area contributed by atoms with E-state index in [2.05, 4.69) is 13.8 Å². The van der Waals surface area contributed by atoms with Crippen molar-refractivity contribution in [2.45, 2.75) is 33.6 Å². The van der Waals surface area contributed by atoms with Crippen molar-refractivity contribution >= 4 is 5.78 Å². The van der Waals surface area contributed by atoms with E-state index in [9.17, 15) is 4.79 Å². The van der Waals surface area contributed by atoms with Crippen molar-refractivity contribution < 1.29 is 4.79 Å². The van der Waals surface area contributed by atoms with Crippen molar-refractivity contribution in [3.05, 3.63) is 0 Å². The van der Waals surface area contributed by atoms with Gasteiger partial charge in [0.15, 0.2) is 0 Å². The molecule has 1 heteroatoms. The molecular formula is C10H16O. The molecule has 3 atom stereocenters. The van der Waals surface area contributed by atoms with Crippen LogP contribution in [0.25, 0.3) is 0 Å². The molecule has 0 heterocycles. The van der Waals surface area contributed by atoms with E-state index in [0.29, 0.717) is 17.1 Å². The van der Waals surface area contributed by atoms with Crippen LogP contribution in [0.1, 0.15) is 33.6 Å². The van der Waals surface area contributed by atoms with Crippen molar-refractivity contribution in [1.29, 1.82) is 0 Å².